The fraction of sp³-hybridized carbons (Fsp3) is 0.167. The molecule has 4 heteroatoms. The van der Waals surface area contributed by atoms with Crippen molar-refractivity contribution in [2.75, 3.05) is 0 Å². The Morgan fingerprint density at radius 3 is 2.81 bits per heavy atom. The maximum Gasteiger partial charge on any atom is 0.101 e. The van der Waals surface area contributed by atoms with E-state index in [4.69, 9.17) is 11.0 Å². The Labute approximate surface area is 93.9 Å². The summed E-state index contributed by atoms with van der Waals surface area (Å²) in [5, 5.41) is 13.4. The summed E-state index contributed by atoms with van der Waals surface area (Å²) >= 11 is 0. The first-order valence-corrected chi connectivity index (χ1v) is 5.00. The average Bonchev–Trinajstić information content (AvgIpc) is 2.74. The van der Waals surface area contributed by atoms with Crippen molar-refractivity contribution in [1.82, 2.24) is 9.78 Å². The summed E-state index contributed by atoms with van der Waals surface area (Å²) in [6.45, 7) is 2.35. The Kier molecular flexibility index (Phi) is 2.71. The fourth-order valence-electron chi connectivity index (χ4n) is 1.55. The van der Waals surface area contributed by atoms with Crippen molar-refractivity contribution in [2.24, 2.45) is 5.73 Å². The van der Waals surface area contributed by atoms with E-state index in [1.807, 2.05) is 31.3 Å². The number of hydrogen-bond donors (Lipinski definition) is 1. The molecule has 0 saturated carbocycles. The molecule has 2 aromatic rings. The molecule has 0 aliphatic carbocycles. The Bertz CT molecular complexity index is 548. The molecule has 1 aromatic carbocycles. The summed E-state index contributed by atoms with van der Waals surface area (Å²) in [4.78, 5) is 0. The van der Waals surface area contributed by atoms with Gasteiger partial charge in [0.25, 0.3) is 0 Å². The van der Waals surface area contributed by atoms with Crippen molar-refractivity contribution in [3.05, 3.63) is 47.3 Å². The molecule has 0 atom stereocenters. The van der Waals surface area contributed by atoms with Crippen LogP contribution in [0.3, 0.4) is 0 Å². The van der Waals surface area contributed by atoms with Crippen LogP contribution < -0.4 is 5.73 Å². The van der Waals surface area contributed by atoms with Crippen LogP contribution in [0.1, 0.15) is 16.8 Å². The van der Waals surface area contributed by atoms with Crippen LogP contribution in [0.25, 0.3) is 5.69 Å². The zero-order chi connectivity index (χ0) is 11.5. The standard InChI is InChI=1S/C12H12N4/c1-9-4-5-16(15-9)12-3-2-10(7-13)6-11(12)8-14/h2-6H,7,13H2,1H3. The van der Waals surface area contributed by atoms with Gasteiger partial charge in [-0.1, -0.05) is 6.07 Å². The van der Waals surface area contributed by atoms with E-state index in [9.17, 15) is 0 Å². The smallest absolute Gasteiger partial charge is 0.101 e. The summed E-state index contributed by atoms with van der Waals surface area (Å²) in [6.07, 6.45) is 1.84. The number of hydrogen-bond acceptors (Lipinski definition) is 3. The fourth-order valence-corrected chi connectivity index (χ4v) is 1.55. The number of nitrogens with zero attached hydrogens (tertiary/aromatic N) is 3. The zero-order valence-electron chi connectivity index (χ0n) is 9.01. The highest BCUT2D eigenvalue weighted by Gasteiger charge is 2.05. The Morgan fingerprint density at radius 1 is 1.44 bits per heavy atom. The number of nitrogens with two attached hydrogens (primary N) is 1. The second-order valence-electron chi connectivity index (χ2n) is 3.57. The van der Waals surface area contributed by atoms with Gasteiger partial charge in [-0.2, -0.15) is 10.4 Å². The van der Waals surface area contributed by atoms with Crippen LogP contribution in [-0.2, 0) is 6.54 Å². The second kappa shape index (κ2) is 4.17. The third kappa shape index (κ3) is 1.81. The van der Waals surface area contributed by atoms with Gasteiger partial charge >= 0.3 is 0 Å². The van der Waals surface area contributed by atoms with Gasteiger partial charge in [-0.15, -0.1) is 0 Å². The number of benzene rings is 1. The lowest BCUT2D eigenvalue weighted by Crippen LogP contribution is -2.02. The highest BCUT2D eigenvalue weighted by atomic mass is 15.3. The minimum absolute atomic E-state index is 0.438. The van der Waals surface area contributed by atoms with Gasteiger partial charge in [-0.3, -0.25) is 0 Å². The number of aromatic nitrogens is 2. The molecule has 0 saturated heterocycles. The van der Waals surface area contributed by atoms with E-state index in [2.05, 4.69) is 11.2 Å². The first-order valence-electron chi connectivity index (χ1n) is 5.00. The van der Waals surface area contributed by atoms with Gasteiger partial charge in [0, 0.05) is 12.7 Å². The van der Waals surface area contributed by atoms with Crippen LogP contribution in [0, 0.1) is 18.3 Å². The summed E-state index contributed by atoms with van der Waals surface area (Å²) in [5.74, 6) is 0. The van der Waals surface area contributed by atoms with E-state index in [1.165, 1.54) is 0 Å². The number of nitriles is 1. The molecule has 0 aliphatic heterocycles. The van der Waals surface area contributed by atoms with Gasteiger partial charge in [0.15, 0.2) is 0 Å². The molecule has 1 heterocycles. The van der Waals surface area contributed by atoms with E-state index in [1.54, 1.807) is 10.7 Å². The molecule has 1 aromatic heterocycles. The first-order chi connectivity index (χ1) is 7.74. The molecule has 0 radical (unpaired) electrons. The molecule has 0 aliphatic rings. The van der Waals surface area contributed by atoms with Crippen molar-refractivity contribution >= 4 is 0 Å². The van der Waals surface area contributed by atoms with Crippen molar-refractivity contribution in [1.29, 1.82) is 5.26 Å². The largest absolute Gasteiger partial charge is 0.326 e. The predicted octanol–water partition coefficient (Wildman–Crippen LogP) is 1.51. The van der Waals surface area contributed by atoms with Crippen LogP contribution >= 0.6 is 0 Å². The van der Waals surface area contributed by atoms with Crippen molar-refractivity contribution in [3.8, 4) is 11.8 Å². The quantitative estimate of drug-likeness (QED) is 0.820. The Balaban J connectivity index is 2.53. The second-order valence-corrected chi connectivity index (χ2v) is 3.57. The molecular formula is C12H12N4. The van der Waals surface area contributed by atoms with E-state index >= 15 is 0 Å². The van der Waals surface area contributed by atoms with Gasteiger partial charge in [-0.05, 0) is 30.7 Å². The van der Waals surface area contributed by atoms with Gasteiger partial charge in [0.1, 0.15) is 6.07 Å². The minimum atomic E-state index is 0.438. The molecular weight excluding hydrogens is 200 g/mol. The van der Waals surface area contributed by atoms with Crippen LogP contribution in [0.15, 0.2) is 30.5 Å². The predicted molar refractivity (Wildman–Crippen MR) is 60.9 cm³/mol. The maximum absolute atomic E-state index is 9.07. The monoisotopic (exact) mass is 212 g/mol. The third-order valence-electron chi connectivity index (χ3n) is 2.39. The van der Waals surface area contributed by atoms with Gasteiger partial charge in [0.2, 0.25) is 0 Å². The van der Waals surface area contributed by atoms with Gasteiger partial charge < -0.3 is 5.73 Å². The summed E-state index contributed by atoms with van der Waals surface area (Å²) in [5.41, 5.74) is 8.78. The lowest BCUT2D eigenvalue weighted by atomic mass is 10.1. The van der Waals surface area contributed by atoms with Gasteiger partial charge in [0.05, 0.1) is 16.9 Å². The molecule has 0 unspecified atom stereocenters. The summed E-state index contributed by atoms with van der Waals surface area (Å²) < 4.78 is 1.70. The maximum atomic E-state index is 9.07. The van der Waals surface area contributed by atoms with Crippen LogP contribution in [-0.4, -0.2) is 9.78 Å². The SMILES string of the molecule is Cc1ccn(-c2ccc(CN)cc2C#N)n1. The minimum Gasteiger partial charge on any atom is -0.326 e. The number of aryl methyl sites for hydroxylation is 1. The van der Waals surface area contributed by atoms with Gasteiger partial charge in [-0.25, -0.2) is 4.68 Å². The van der Waals surface area contributed by atoms with Crippen LogP contribution in [0.2, 0.25) is 0 Å². The van der Waals surface area contributed by atoms with E-state index in [0.29, 0.717) is 12.1 Å². The number of rotatable bonds is 2. The lowest BCUT2D eigenvalue weighted by Gasteiger charge is -2.05. The topological polar surface area (TPSA) is 67.6 Å². The molecule has 16 heavy (non-hydrogen) atoms. The molecule has 0 spiro atoms. The Hall–Kier alpha value is -2.12. The summed E-state index contributed by atoms with van der Waals surface area (Å²) in [7, 11) is 0. The highest BCUT2D eigenvalue weighted by molar-refractivity contribution is 5.50. The summed E-state index contributed by atoms with van der Waals surface area (Å²) in [6, 6.07) is 9.64. The normalized spacial score (nSPS) is 10.1. The molecule has 80 valence electrons. The van der Waals surface area contributed by atoms with Crippen LogP contribution in [0.5, 0.6) is 0 Å². The van der Waals surface area contributed by atoms with Crippen molar-refractivity contribution in [3.63, 3.8) is 0 Å². The molecule has 2 N–H and O–H groups in total. The average molecular weight is 212 g/mol. The molecule has 4 nitrogen and oxygen atoms in total. The van der Waals surface area contributed by atoms with Crippen molar-refractivity contribution in [2.45, 2.75) is 13.5 Å². The van der Waals surface area contributed by atoms with Crippen LogP contribution in [0.4, 0.5) is 0 Å². The van der Waals surface area contributed by atoms with Crippen molar-refractivity contribution < 1.29 is 0 Å². The van der Waals surface area contributed by atoms with E-state index in [-0.39, 0.29) is 0 Å². The van der Waals surface area contributed by atoms with E-state index < -0.39 is 0 Å². The first kappa shape index (κ1) is 10.4. The molecule has 2 rings (SSSR count). The zero-order valence-corrected chi connectivity index (χ0v) is 9.01. The van der Waals surface area contributed by atoms with E-state index in [0.717, 1.165) is 16.9 Å². The molecule has 0 bridgehead atoms. The molecule has 0 amide bonds. The molecule has 0 fully saturated rings. The lowest BCUT2D eigenvalue weighted by molar-refractivity contribution is 0.858. The third-order valence-corrected chi connectivity index (χ3v) is 2.39. The highest BCUT2D eigenvalue weighted by Crippen LogP contribution is 2.15. The Morgan fingerprint density at radius 2 is 2.25 bits per heavy atom.